The third-order valence-corrected chi connectivity index (χ3v) is 2.90. The molecule has 0 aliphatic rings. The highest BCUT2D eigenvalue weighted by Crippen LogP contribution is 2.17. The molecule has 7 heteroatoms. The van der Waals surface area contributed by atoms with Gasteiger partial charge in [0.2, 0.25) is 0 Å². The Morgan fingerprint density at radius 2 is 2.11 bits per heavy atom. The van der Waals surface area contributed by atoms with Crippen molar-refractivity contribution >= 4 is 5.91 Å². The summed E-state index contributed by atoms with van der Waals surface area (Å²) in [6.07, 6.45) is 1.69. The second-order valence-electron chi connectivity index (χ2n) is 4.51. The Hall–Kier alpha value is -2.15. The lowest BCUT2D eigenvalue weighted by atomic mass is 10.2. The Morgan fingerprint density at radius 3 is 2.68 bits per heavy atom. The van der Waals surface area contributed by atoms with Crippen molar-refractivity contribution in [1.29, 1.82) is 0 Å². The number of carbonyl (C=O) groups excluding carboxylic acids is 1. The van der Waals surface area contributed by atoms with E-state index in [4.69, 9.17) is 0 Å². The molecule has 2 aromatic rings. The predicted octanol–water partition coefficient (Wildman–Crippen LogP) is 0.108. The van der Waals surface area contributed by atoms with E-state index in [9.17, 15) is 9.90 Å². The largest absolute Gasteiger partial charge is 0.391 e. The molecule has 0 aromatic carbocycles. The first kappa shape index (κ1) is 13.3. The maximum absolute atomic E-state index is 11.8. The first-order chi connectivity index (χ1) is 8.95. The maximum atomic E-state index is 11.8. The zero-order valence-electron chi connectivity index (χ0n) is 11.5. The van der Waals surface area contributed by atoms with Gasteiger partial charge in [-0.1, -0.05) is 0 Å². The van der Waals surface area contributed by atoms with E-state index in [2.05, 4.69) is 10.2 Å². The number of aryl methyl sites for hydroxylation is 2. The third-order valence-electron chi connectivity index (χ3n) is 2.90. The molecule has 2 rings (SSSR count). The van der Waals surface area contributed by atoms with Crippen LogP contribution in [0.15, 0.2) is 12.3 Å². The van der Waals surface area contributed by atoms with Crippen LogP contribution in [-0.4, -0.2) is 49.6 Å². The fraction of sp³-hybridized carbons (Fsp3) is 0.417. The van der Waals surface area contributed by atoms with Crippen LogP contribution in [0.2, 0.25) is 0 Å². The molecular weight excluding hydrogens is 246 g/mol. The Kier molecular flexibility index (Phi) is 3.39. The van der Waals surface area contributed by atoms with Gasteiger partial charge in [-0.15, -0.1) is 0 Å². The summed E-state index contributed by atoms with van der Waals surface area (Å²) in [5.41, 5.74) is 1.80. The molecule has 0 aliphatic heterocycles. The van der Waals surface area contributed by atoms with Crippen LogP contribution in [0.4, 0.5) is 0 Å². The third kappa shape index (κ3) is 2.24. The predicted molar refractivity (Wildman–Crippen MR) is 69.0 cm³/mol. The summed E-state index contributed by atoms with van der Waals surface area (Å²) in [4.78, 5) is 13.3. The number of hydrogen-bond acceptors (Lipinski definition) is 4. The summed E-state index contributed by atoms with van der Waals surface area (Å²) in [5.74, 6) is 0.501. The van der Waals surface area contributed by atoms with Gasteiger partial charge >= 0.3 is 0 Å². The van der Waals surface area contributed by atoms with Crippen molar-refractivity contribution in [3.8, 4) is 5.82 Å². The van der Waals surface area contributed by atoms with Gasteiger partial charge in [0.25, 0.3) is 5.91 Å². The van der Waals surface area contributed by atoms with Gasteiger partial charge in [-0.2, -0.15) is 10.2 Å². The normalized spacial score (nSPS) is 10.8. The summed E-state index contributed by atoms with van der Waals surface area (Å²) in [5, 5.41) is 17.9. The number of nitrogens with zero attached hydrogens (tertiary/aromatic N) is 5. The molecule has 7 nitrogen and oxygen atoms in total. The Balaban J connectivity index is 2.46. The lowest BCUT2D eigenvalue weighted by molar-refractivity contribution is 0.0821. The molecule has 0 unspecified atom stereocenters. The van der Waals surface area contributed by atoms with Crippen LogP contribution in [0.25, 0.3) is 5.82 Å². The van der Waals surface area contributed by atoms with E-state index in [-0.39, 0.29) is 12.5 Å². The molecule has 0 fully saturated rings. The minimum atomic E-state index is -0.164. The second-order valence-corrected chi connectivity index (χ2v) is 4.51. The number of rotatable bonds is 3. The van der Waals surface area contributed by atoms with E-state index < -0.39 is 0 Å². The quantitative estimate of drug-likeness (QED) is 0.852. The molecule has 2 aromatic heterocycles. The molecule has 1 N–H and O–H groups in total. The van der Waals surface area contributed by atoms with E-state index in [1.807, 2.05) is 6.92 Å². The maximum Gasteiger partial charge on any atom is 0.273 e. The van der Waals surface area contributed by atoms with Crippen LogP contribution in [0.3, 0.4) is 0 Å². The van der Waals surface area contributed by atoms with Gasteiger partial charge < -0.3 is 10.0 Å². The van der Waals surface area contributed by atoms with Crippen molar-refractivity contribution in [3.05, 3.63) is 29.2 Å². The van der Waals surface area contributed by atoms with E-state index in [0.717, 1.165) is 5.69 Å². The summed E-state index contributed by atoms with van der Waals surface area (Å²) in [6.45, 7) is 1.70. The monoisotopic (exact) mass is 263 g/mol. The van der Waals surface area contributed by atoms with Gasteiger partial charge in [-0.3, -0.25) is 9.48 Å². The molecule has 102 valence electrons. The van der Waals surface area contributed by atoms with Crippen molar-refractivity contribution in [2.24, 2.45) is 7.05 Å². The second kappa shape index (κ2) is 4.85. The van der Waals surface area contributed by atoms with Crippen LogP contribution in [-0.2, 0) is 13.7 Å². The minimum Gasteiger partial charge on any atom is -0.391 e. The van der Waals surface area contributed by atoms with Gasteiger partial charge in [-0.05, 0) is 13.0 Å². The number of hydrogen-bond donors (Lipinski definition) is 1. The molecule has 2 heterocycles. The Morgan fingerprint density at radius 1 is 1.42 bits per heavy atom. The average Bonchev–Trinajstić information content (AvgIpc) is 2.92. The summed E-state index contributed by atoms with van der Waals surface area (Å²) < 4.78 is 3.19. The molecular formula is C12H17N5O2. The fourth-order valence-electron chi connectivity index (χ4n) is 1.95. The summed E-state index contributed by atoms with van der Waals surface area (Å²) in [7, 11) is 5.13. The highest BCUT2D eigenvalue weighted by atomic mass is 16.3. The molecule has 0 saturated carbocycles. The van der Waals surface area contributed by atoms with Gasteiger partial charge in [0.1, 0.15) is 0 Å². The number of aromatic nitrogens is 4. The molecule has 0 bridgehead atoms. The van der Waals surface area contributed by atoms with Crippen molar-refractivity contribution in [1.82, 2.24) is 24.5 Å². The topological polar surface area (TPSA) is 76.2 Å². The van der Waals surface area contributed by atoms with E-state index in [1.165, 1.54) is 4.90 Å². The molecule has 1 amide bonds. The summed E-state index contributed by atoms with van der Waals surface area (Å²) >= 11 is 0. The zero-order valence-corrected chi connectivity index (χ0v) is 11.5. The number of aliphatic hydroxyl groups is 1. The molecule has 0 radical (unpaired) electrons. The molecule has 19 heavy (non-hydrogen) atoms. The highest BCUT2D eigenvalue weighted by Gasteiger charge is 2.17. The van der Waals surface area contributed by atoms with Crippen LogP contribution < -0.4 is 0 Å². The first-order valence-corrected chi connectivity index (χ1v) is 5.86. The highest BCUT2D eigenvalue weighted by molar-refractivity contribution is 5.91. The van der Waals surface area contributed by atoms with Crippen molar-refractivity contribution < 1.29 is 9.90 Å². The van der Waals surface area contributed by atoms with E-state index in [0.29, 0.717) is 17.1 Å². The van der Waals surface area contributed by atoms with Crippen molar-refractivity contribution in [2.45, 2.75) is 13.5 Å². The molecule has 0 atom stereocenters. The molecule has 0 spiro atoms. The lowest BCUT2D eigenvalue weighted by Crippen LogP contribution is -2.22. The minimum absolute atomic E-state index is 0.119. The number of aliphatic hydroxyl groups excluding tert-OH is 1. The van der Waals surface area contributed by atoms with Crippen LogP contribution >= 0.6 is 0 Å². The van der Waals surface area contributed by atoms with E-state index in [1.54, 1.807) is 42.8 Å². The van der Waals surface area contributed by atoms with Crippen molar-refractivity contribution in [2.75, 3.05) is 14.1 Å². The Bertz CT molecular complexity index is 612. The molecule has 0 aliphatic carbocycles. The van der Waals surface area contributed by atoms with Gasteiger partial charge in [0.05, 0.1) is 12.3 Å². The average molecular weight is 263 g/mol. The van der Waals surface area contributed by atoms with Crippen molar-refractivity contribution in [3.63, 3.8) is 0 Å². The van der Waals surface area contributed by atoms with Crippen LogP contribution in [0.1, 0.15) is 21.7 Å². The standard InChI is InChI=1S/C12H17N5O2/c1-8-9(7-18)11(16(4)13-8)17-6-5-10(14-17)12(19)15(2)3/h5-6,18H,7H2,1-4H3. The van der Waals surface area contributed by atoms with Gasteiger partial charge in [0.15, 0.2) is 11.5 Å². The lowest BCUT2D eigenvalue weighted by Gasteiger charge is -2.07. The number of amides is 1. The first-order valence-electron chi connectivity index (χ1n) is 5.86. The van der Waals surface area contributed by atoms with Crippen LogP contribution in [0.5, 0.6) is 0 Å². The summed E-state index contributed by atoms with van der Waals surface area (Å²) in [6, 6.07) is 1.64. The van der Waals surface area contributed by atoms with Gasteiger partial charge in [-0.25, -0.2) is 4.68 Å². The SMILES string of the molecule is Cc1nn(C)c(-n2ccc(C(=O)N(C)C)n2)c1CO. The zero-order chi connectivity index (χ0) is 14.2. The smallest absolute Gasteiger partial charge is 0.273 e. The Labute approximate surface area is 111 Å². The van der Waals surface area contributed by atoms with Crippen LogP contribution in [0, 0.1) is 6.92 Å². The molecule has 0 saturated heterocycles. The number of carbonyl (C=O) groups is 1. The fourth-order valence-corrected chi connectivity index (χ4v) is 1.95. The van der Waals surface area contributed by atoms with E-state index >= 15 is 0 Å². The van der Waals surface area contributed by atoms with Gasteiger partial charge in [0, 0.05) is 32.9 Å².